The van der Waals surface area contributed by atoms with Gasteiger partial charge in [0.2, 0.25) is 0 Å². The number of nitrogens with zero attached hydrogens (tertiary/aromatic N) is 1. The van der Waals surface area contributed by atoms with Gasteiger partial charge in [0.25, 0.3) is 0 Å². The summed E-state index contributed by atoms with van der Waals surface area (Å²) in [6, 6.07) is 86.2. The quantitative estimate of drug-likeness (QED) is 0.148. The zero-order chi connectivity index (χ0) is 39.8. The van der Waals surface area contributed by atoms with E-state index in [4.69, 9.17) is 0 Å². The summed E-state index contributed by atoms with van der Waals surface area (Å²) in [5, 5.41) is 5.14. The summed E-state index contributed by atoms with van der Waals surface area (Å²) in [5.74, 6) is 0. The summed E-state index contributed by atoms with van der Waals surface area (Å²) in [7, 11) is 0. The maximum absolute atomic E-state index is 2.40. The third kappa shape index (κ3) is 6.73. The van der Waals surface area contributed by atoms with E-state index in [0.717, 1.165) is 17.1 Å². The molecule has 0 aliphatic rings. The van der Waals surface area contributed by atoms with Gasteiger partial charge in [-0.3, -0.25) is 0 Å². The van der Waals surface area contributed by atoms with Gasteiger partial charge in [0, 0.05) is 37.2 Å². The molecular weight excluding hydrogens is 743 g/mol. The lowest BCUT2D eigenvalue weighted by Crippen LogP contribution is -2.10. The van der Waals surface area contributed by atoms with Crippen molar-refractivity contribution >= 4 is 59.3 Å². The molecule has 0 unspecified atom stereocenters. The first-order chi connectivity index (χ1) is 29.7. The number of thiophene rings is 1. The van der Waals surface area contributed by atoms with Gasteiger partial charge < -0.3 is 4.90 Å². The van der Waals surface area contributed by atoms with Crippen molar-refractivity contribution in [2.45, 2.75) is 0 Å². The van der Waals surface area contributed by atoms with Crippen molar-refractivity contribution in [2.75, 3.05) is 4.90 Å². The Morgan fingerprint density at radius 1 is 0.267 bits per heavy atom. The number of fused-ring (bicyclic) bond motifs is 4. The molecule has 11 rings (SSSR count). The third-order valence-electron chi connectivity index (χ3n) is 11.6. The molecule has 1 nitrogen and oxygen atoms in total. The molecule has 282 valence electrons. The SMILES string of the molecule is c1ccc(-c2cc(-c3ccccc3)cc(N(c3ccc(-c4cccc(-c5ccc6ccccc6c5)c4)cc3)c3ccc(-c4cccc5c4sc4ccccc45)cc3)c2)cc1. The van der Waals surface area contributed by atoms with Crippen molar-refractivity contribution in [3.8, 4) is 55.6 Å². The Morgan fingerprint density at radius 2 is 0.750 bits per heavy atom. The molecule has 11 aromatic rings. The molecule has 2 heteroatoms. The number of anilines is 3. The molecule has 0 saturated carbocycles. The third-order valence-corrected chi connectivity index (χ3v) is 12.9. The standard InChI is InChI=1S/C58H39NS/c1-3-13-40(14-4-1)49-37-50(41-15-5-2-6-16-41)39-53(38-49)59(52-33-29-44(30-34-52)54-22-12-23-56-55-21-9-10-24-57(55)60-58(54)56)51-31-27-43(28-32-51)46-19-11-20-47(35-46)48-26-25-42-17-7-8-18-45(42)36-48/h1-39H. The van der Waals surface area contributed by atoms with E-state index in [1.165, 1.54) is 86.6 Å². The molecule has 0 N–H and O–H groups in total. The molecule has 0 aliphatic heterocycles. The fourth-order valence-electron chi connectivity index (χ4n) is 8.60. The fourth-order valence-corrected chi connectivity index (χ4v) is 9.84. The van der Waals surface area contributed by atoms with Gasteiger partial charge in [-0.2, -0.15) is 0 Å². The van der Waals surface area contributed by atoms with E-state index in [-0.39, 0.29) is 0 Å². The minimum absolute atomic E-state index is 1.09. The second kappa shape index (κ2) is 15.3. The van der Waals surface area contributed by atoms with Crippen LogP contribution >= 0.6 is 11.3 Å². The van der Waals surface area contributed by atoms with E-state index in [0.29, 0.717) is 0 Å². The predicted octanol–water partition coefficient (Wildman–Crippen LogP) is 17.0. The molecule has 0 bridgehead atoms. The first-order valence-electron chi connectivity index (χ1n) is 20.5. The molecule has 0 atom stereocenters. The number of hydrogen-bond donors (Lipinski definition) is 0. The average molecular weight is 782 g/mol. The lowest BCUT2D eigenvalue weighted by molar-refractivity contribution is 1.28. The minimum atomic E-state index is 1.09. The van der Waals surface area contributed by atoms with Crippen LogP contribution in [0.2, 0.25) is 0 Å². The minimum Gasteiger partial charge on any atom is -0.310 e. The van der Waals surface area contributed by atoms with Gasteiger partial charge >= 0.3 is 0 Å². The van der Waals surface area contributed by atoms with Gasteiger partial charge in [-0.15, -0.1) is 11.3 Å². The Morgan fingerprint density at radius 3 is 1.45 bits per heavy atom. The molecule has 0 amide bonds. The molecule has 0 radical (unpaired) electrons. The number of hydrogen-bond acceptors (Lipinski definition) is 2. The van der Waals surface area contributed by atoms with Gasteiger partial charge in [-0.05, 0) is 127 Å². The van der Waals surface area contributed by atoms with Crippen LogP contribution < -0.4 is 4.90 Å². The summed E-state index contributed by atoms with van der Waals surface area (Å²) in [4.78, 5) is 2.40. The lowest BCUT2D eigenvalue weighted by atomic mass is 9.96. The average Bonchev–Trinajstić information content (AvgIpc) is 3.72. The highest BCUT2D eigenvalue weighted by atomic mass is 32.1. The second-order valence-electron chi connectivity index (χ2n) is 15.4. The Hall–Kier alpha value is -7.52. The molecule has 0 saturated heterocycles. The van der Waals surface area contributed by atoms with Crippen LogP contribution in [0.4, 0.5) is 17.1 Å². The topological polar surface area (TPSA) is 3.24 Å². The zero-order valence-corrected chi connectivity index (χ0v) is 33.7. The molecular formula is C58H39NS. The number of rotatable bonds is 8. The van der Waals surface area contributed by atoms with E-state index in [1.54, 1.807) is 0 Å². The lowest BCUT2D eigenvalue weighted by Gasteiger charge is -2.27. The summed E-state index contributed by atoms with van der Waals surface area (Å²) >= 11 is 1.88. The van der Waals surface area contributed by atoms with Crippen molar-refractivity contribution in [2.24, 2.45) is 0 Å². The van der Waals surface area contributed by atoms with Gasteiger partial charge in [0.05, 0.1) is 0 Å². The van der Waals surface area contributed by atoms with Gasteiger partial charge in [0.15, 0.2) is 0 Å². The van der Waals surface area contributed by atoms with Crippen LogP contribution in [0, 0.1) is 0 Å². The Balaban J connectivity index is 1.02. The molecule has 0 spiro atoms. The van der Waals surface area contributed by atoms with Crippen molar-refractivity contribution in [1.29, 1.82) is 0 Å². The highest BCUT2D eigenvalue weighted by Gasteiger charge is 2.18. The zero-order valence-electron chi connectivity index (χ0n) is 32.9. The molecule has 60 heavy (non-hydrogen) atoms. The monoisotopic (exact) mass is 781 g/mol. The Labute approximate surface area is 354 Å². The van der Waals surface area contributed by atoms with Gasteiger partial charge in [-0.1, -0.05) is 176 Å². The second-order valence-corrected chi connectivity index (χ2v) is 16.4. The van der Waals surface area contributed by atoms with Gasteiger partial charge in [-0.25, -0.2) is 0 Å². The molecule has 0 fully saturated rings. The number of benzene rings is 10. The first-order valence-corrected chi connectivity index (χ1v) is 21.3. The van der Waals surface area contributed by atoms with Crippen LogP contribution in [0.25, 0.3) is 86.6 Å². The van der Waals surface area contributed by atoms with Gasteiger partial charge in [0.1, 0.15) is 0 Å². The van der Waals surface area contributed by atoms with E-state index in [2.05, 4.69) is 241 Å². The highest BCUT2D eigenvalue weighted by molar-refractivity contribution is 7.26. The maximum Gasteiger partial charge on any atom is 0.0473 e. The summed E-state index contributed by atoms with van der Waals surface area (Å²) in [6.07, 6.45) is 0. The van der Waals surface area contributed by atoms with Crippen molar-refractivity contribution in [1.82, 2.24) is 0 Å². The first kappa shape index (κ1) is 35.6. The summed E-state index contributed by atoms with van der Waals surface area (Å²) in [6.45, 7) is 0. The van der Waals surface area contributed by atoms with E-state index < -0.39 is 0 Å². The maximum atomic E-state index is 2.40. The van der Waals surface area contributed by atoms with Crippen LogP contribution in [0.1, 0.15) is 0 Å². The van der Waals surface area contributed by atoms with E-state index in [1.807, 2.05) is 11.3 Å². The van der Waals surface area contributed by atoms with Crippen molar-refractivity contribution in [3.05, 3.63) is 237 Å². The molecule has 10 aromatic carbocycles. The Kier molecular flexibility index (Phi) is 9.11. The summed E-state index contributed by atoms with van der Waals surface area (Å²) in [5.41, 5.74) is 15.3. The predicted molar refractivity (Wildman–Crippen MR) is 259 cm³/mol. The van der Waals surface area contributed by atoms with Crippen LogP contribution in [0.3, 0.4) is 0 Å². The van der Waals surface area contributed by atoms with Crippen LogP contribution in [0.15, 0.2) is 237 Å². The highest BCUT2D eigenvalue weighted by Crippen LogP contribution is 2.43. The summed E-state index contributed by atoms with van der Waals surface area (Å²) < 4.78 is 2.64. The van der Waals surface area contributed by atoms with Crippen LogP contribution in [-0.4, -0.2) is 0 Å². The molecule has 1 aromatic heterocycles. The largest absolute Gasteiger partial charge is 0.310 e. The molecule has 0 aliphatic carbocycles. The van der Waals surface area contributed by atoms with Crippen LogP contribution in [0.5, 0.6) is 0 Å². The Bertz CT molecular complexity index is 3230. The smallest absolute Gasteiger partial charge is 0.0473 e. The van der Waals surface area contributed by atoms with E-state index in [9.17, 15) is 0 Å². The molecule has 1 heterocycles. The van der Waals surface area contributed by atoms with Crippen molar-refractivity contribution in [3.63, 3.8) is 0 Å². The van der Waals surface area contributed by atoms with Crippen LogP contribution in [-0.2, 0) is 0 Å². The fraction of sp³-hybridized carbons (Fsp3) is 0. The normalized spacial score (nSPS) is 11.3. The van der Waals surface area contributed by atoms with E-state index >= 15 is 0 Å². The van der Waals surface area contributed by atoms with Crippen molar-refractivity contribution < 1.29 is 0 Å².